The maximum atomic E-state index is 12.1. The fourth-order valence-electron chi connectivity index (χ4n) is 1.74. The number of amides is 1. The van der Waals surface area contributed by atoms with E-state index in [9.17, 15) is 4.79 Å². The quantitative estimate of drug-likeness (QED) is 0.786. The Kier molecular flexibility index (Phi) is 5.79. The van der Waals surface area contributed by atoms with Gasteiger partial charge in [-0.25, -0.2) is 9.97 Å². The number of nitrogens with zero attached hydrogens (tertiary/aromatic N) is 4. The molecule has 116 valence electrons. The number of carbonyl (C=O) groups excluding carboxylic acids is 1. The molecule has 2 aromatic heterocycles. The Morgan fingerprint density at radius 1 is 1.27 bits per heavy atom. The molecule has 1 amide bonds. The topological polar surface area (TPSA) is 83.0 Å². The van der Waals surface area contributed by atoms with Gasteiger partial charge in [-0.05, 0) is 31.8 Å². The summed E-state index contributed by atoms with van der Waals surface area (Å²) >= 11 is 0. The van der Waals surface area contributed by atoms with E-state index in [1.807, 2.05) is 26.2 Å². The van der Waals surface area contributed by atoms with Crippen LogP contribution in [-0.2, 0) is 6.54 Å². The van der Waals surface area contributed by atoms with Gasteiger partial charge in [0.25, 0.3) is 5.91 Å². The lowest BCUT2D eigenvalue weighted by molar-refractivity contribution is 0.0946. The largest absolute Gasteiger partial charge is 0.353 e. The first-order valence-electron chi connectivity index (χ1n) is 7.04. The number of hydrogen-bond donors (Lipinski definition) is 2. The Bertz CT molecular complexity index is 602. The van der Waals surface area contributed by atoms with Gasteiger partial charge in [0, 0.05) is 38.2 Å². The fraction of sp³-hybridized carbons (Fsp3) is 0.333. The smallest absolute Gasteiger partial charge is 0.270 e. The summed E-state index contributed by atoms with van der Waals surface area (Å²) < 4.78 is 0. The molecule has 0 radical (unpaired) electrons. The normalized spacial score (nSPS) is 10.5. The molecule has 22 heavy (non-hydrogen) atoms. The molecule has 2 N–H and O–H groups in total. The van der Waals surface area contributed by atoms with E-state index in [1.54, 1.807) is 24.7 Å². The summed E-state index contributed by atoms with van der Waals surface area (Å²) in [4.78, 5) is 26.5. The van der Waals surface area contributed by atoms with Crippen molar-refractivity contribution in [2.75, 3.05) is 32.5 Å². The Morgan fingerprint density at radius 2 is 2.14 bits per heavy atom. The van der Waals surface area contributed by atoms with Crippen LogP contribution in [0.3, 0.4) is 0 Å². The lowest BCUT2D eigenvalue weighted by Crippen LogP contribution is -2.25. The van der Waals surface area contributed by atoms with Gasteiger partial charge in [0.1, 0.15) is 5.69 Å². The Balaban J connectivity index is 1.89. The van der Waals surface area contributed by atoms with Gasteiger partial charge in [-0.3, -0.25) is 9.78 Å². The molecular weight excluding hydrogens is 280 g/mol. The van der Waals surface area contributed by atoms with Gasteiger partial charge in [-0.15, -0.1) is 0 Å². The minimum Gasteiger partial charge on any atom is -0.353 e. The van der Waals surface area contributed by atoms with Gasteiger partial charge in [0.2, 0.25) is 5.95 Å². The van der Waals surface area contributed by atoms with Crippen LogP contribution in [0.4, 0.5) is 5.95 Å². The molecular formula is C15H20N6O. The van der Waals surface area contributed by atoms with Gasteiger partial charge in [-0.1, -0.05) is 6.07 Å². The minimum absolute atomic E-state index is 0.234. The number of rotatable bonds is 7. The van der Waals surface area contributed by atoms with Gasteiger partial charge in [0.15, 0.2) is 0 Å². The zero-order valence-electron chi connectivity index (χ0n) is 12.8. The van der Waals surface area contributed by atoms with E-state index in [-0.39, 0.29) is 5.91 Å². The molecule has 2 aromatic rings. The van der Waals surface area contributed by atoms with Crippen LogP contribution in [0.2, 0.25) is 0 Å². The fourth-order valence-corrected chi connectivity index (χ4v) is 1.74. The van der Waals surface area contributed by atoms with Crippen LogP contribution in [0.25, 0.3) is 0 Å². The van der Waals surface area contributed by atoms with Crippen molar-refractivity contribution in [3.63, 3.8) is 0 Å². The molecule has 0 unspecified atom stereocenters. The molecule has 7 nitrogen and oxygen atoms in total. The summed E-state index contributed by atoms with van der Waals surface area (Å²) in [7, 11) is 3.98. The molecule has 0 spiro atoms. The number of likely N-dealkylation sites (N-methyl/N-ethyl adjacent to an activating group) is 1. The van der Waals surface area contributed by atoms with Crippen molar-refractivity contribution in [3.05, 3.63) is 48.0 Å². The molecule has 0 saturated carbocycles. The van der Waals surface area contributed by atoms with E-state index in [4.69, 9.17) is 0 Å². The molecule has 0 aromatic carbocycles. The SMILES string of the molecule is CN(C)CCNc1nccc(C(=O)NCc2cccnc2)n1. The second kappa shape index (κ2) is 8.04. The molecule has 0 bridgehead atoms. The zero-order chi connectivity index (χ0) is 15.8. The Morgan fingerprint density at radius 3 is 2.86 bits per heavy atom. The maximum absolute atomic E-state index is 12.1. The molecule has 0 saturated heterocycles. The van der Waals surface area contributed by atoms with Gasteiger partial charge >= 0.3 is 0 Å². The number of pyridine rings is 1. The van der Waals surface area contributed by atoms with E-state index in [2.05, 4.69) is 30.5 Å². The van der Waals surface area contributed by atoms with E-state index in [1.165, 1.54) is 0 Å². The maximum Gasteiger partial charge on any atom is 0.270 e. The van der Waals surface area contributed by atoms with Crippen molar-refractivity contribution in [1.82, 2.24) is 25.2 Å². The number of hydrogen-bond acceptors (Lipinski definition) is 6. The predicted molar refractivity (Wildman–Crippen MR) is 84.5 cm³/mol. The van der Waals surface area contributed by atoms with Crippen LogP contribution in [0.15, 0.2) is 36.8 Å². The molecule has 0 atom stereocenters. The van der Waals surface area contributed by atoms with Gasteiger partial charge in [0.05, 0.1) is 0 Å². The van der Waals surface area contributed by atoms with Crippen LogP contribution in [0.1, 0.15) is 16.1 Å². The summed E-state index contributed by atoms with van der Waals surface area (Å²) in [5.41, 5.74) is 1.28. The first-order valence-corrected chi connectivity index (χ1v) is 7.04. The van der Waals surface area contributed by atoms with Crippen molar-refractivity contribution >= 4 is 11.9 Å². The highest BCUT2D eigenvalue weighted by molar-refractivity contribution is 5.92. The highest BCUT2D eigenvalue weighted by Gasteiger charge is 2.08. The third-order valence-corrected chi connectivity index (χ3v) is 2.91. The summed E-state index contributed by atoms with van der Waals surface area (Å²) in [6, 6.07) is 5.33. The summed E-state index contributed by atoms with van der Waals surface area (Å²) in [5, 5.41) is 5.90. The summed E-state index contributed by atoms with van der Waals surface area (Å²) in [6.45, 7) is 1.99. The van der Waals surface area contributed by atoms with Crippen LogP contribution in [0.5, 0.6) is 0 Å². The van der Waals surface area contributed by atoms with Gasteiger partial charge in [-0.2, -0.15) is 0 Å². The van der Waals surface area contributed by atoms with Gasteiger partial charge < -0.3 is 15.5 Å². The van der Waals surface area contributed by atoms with E-state index in [0.717, 1.165) is 12.1 Å². The molecule has 0 fully saturated rings. The monoisotopic (exact) mass is 300 g/mol. The molecule has 2 rings (SSSR count). The van der Waals surface area contributed by atoms with Crippen molar-refractivity contribution < 1.29 is 4.79 Å². The lowest BCUT2D eigenvalue weighted by atomic mass is 10.3. The minimum atomic E-state index is -0.234. The van der Waals surface area contributed by atoms with Crippen LogP contribution in [0, 0.1) is 0 Å². The first kappa shape index (κ1) is 15.8. The number of anilines is 1. The number of nitrogens with one attached hydrogen (secondary N) is 2. The van der Waals surface area contributed by atoms with Crippen LogP contribution < -0.4 is 10.6 Å². The number of aromatic nitrogens is 3. The standard InChI is InChI=1S/C15H20N6O/c1-21(2)9-8-18-15-17-7-5-13(20-15)14(22)19-11-12-4-3-6-16-10-12/h3-7,10H,8-9,11H2,1-2H3,(H,19,22)(H,17,18,20). The second-order valence-electron chi connectivity index (χ2n) is 5.04. The molecule has 0 aliphatic carbocycles. The molecule has 0 aliphatic rings. The van der Waals surface area contributed by atoms with Crippen LogP contribution in [-0.4, -0.2) is 52.9 Å². The summed E-state index contributed by atoms with van der Waals surface area (Å²) in [6.07, 6.45) is 4.99. The highest BCUT2D eigenvalue weighted by Crippen LogP contribution is 2.01. The molecule has 2 heterocycles. The highest BCUT2D eigenvalue weighted by atomic mass is 16.1. The van der Waals surface area contributed by atoms with Crippen LogP contribution >= 0.6 is 0 Å². The lowest BCUT2D eigenvalue weighted by Gasteiger charge is -2.10. The predicted octanol–water partition coefficient (Wildman–Crippen LogP) is 0.775. The first-order chi connectivity index (χ1) is 10.6. The Labute approximate surface area is 129 Å². The van der Waals surface area contributed by atoms with E-state index < -0.39 is 0 Å². The van der Waals surface area contributed by atoms with Crippen molar-refractivity contribution in [1.29, 1.82) is 0 Å². The van der Waals surface area contributed by atoms with Crippen molar-refractivity contribution in [3.8, 4) is 0 Å². The Hall–Kier alpha value is -2.54. The molecule has 7 heteroatoms. The molecule has 0 aliphatic heterocycles. The summed E-state index contributed by atoms with van der Waals surface area (Å²) in [5.74, 6) is 0.220. The third-order valence-electron chi connectivity index (χ3n) is 2.91. The second-order valence-corrected chi connectivity index (χ2v) is 5.04. The number of carbonyl (C=O) groups is 1. The van der Waals surface area contributed by atoms with E-state index >= 15 is 0 Å². The van der Waals surface area contributed by atoms with Crippen molar-refractivity contribution in [2.45, 2.75) is 6.54 Å². The zero-order valence-corrected chi connectivity index (χ0v) is 12.8. The average molecular weight is 300 g/mol. The third kappa shape index (κ3) is 5.10. The van der Waals surface area contributed by atoms with E-state index in [0.29, 0.717) is 24.7 Å². The average Bonchev–Trinajstić information content (AvgIpc) is 2.53. The van der Waals surface area contributed by atoms with Crippen molar-refractivity contribution in [2.24, 2.45) is 0 Å².